The van der Waals surface area contributed by atoms with E-state index < -0.39 is 5.60 Å². The minimum atomic E-state index is -0.724. The Morgan fingerprint density at radius 3 is 2.76 bits per heavy atom. The Kier molecular flexibility index (Phi) is 7.86. The summed E-state index contributed by atoms with van der Waals surface area (Å²) in [7, 11) is 0. The first-order chi connectivity index (χ1) is 14.0. The lowest BCUT2D eigenvalue weighted by Gasteiger charge is -2.39. The summed E-state index contributed by atoms with van der Waals surface area (Å²) >= 11 is 0. The summed E-state index contributed by atoms with van der Waals surface area (Å²) in [4.78, 5) is 18.1. The summed E-state index contributed by atoms with van der Waals surface area (Å²) in [5, 5.41) is 10.5. The molecule has 29 heavy (non-hydrogen) atoms. The zero-order valence-corrected chi connectivity index (χ0v) is 17.6. The highest BCUT2D eigenvalue weighted by molar-refractivity contribution is 5.79. The summed E-state index contributed by atoms with van der Waals surface area (Å²) in [6.45, 7) is 8.89. The number of pyridine rings is 1. The predicted molar refractivity (Wildman–Crippen MR) is 110 cm³/mol. The number of ether oxygens (including phenoxy) is 3. The molecule has 3 rings (SSSR count). The molecule has 0 amide bonds. The van der Waals surface area contributed by atoms with Crippen molar-refractivity contribution >= 4 is 6.29 Å². The second kappa shape index (κ2) is 10.4. The Morgan fingerprint density at radius 2 is 2.03 bits per heavy atom. The van der Waals surface area contributed by atoms with Gasteiger partial charge in [0.15, 0.2) is 6.29 Å². The summed E-state index contributed by atoms with van der Waals surface area (Å²) in [5.74, 6) is 1.37. The van der Waals surface area contributed by atoms with Crippen molar-refractivity contribution in [1.29, 1.82) is 0 Å². The molecule has 2 atom stereocenters. The number of hydrogen-bond acceptors (Lipinski definition) is 7. The third kappa shape index (κ3) is 6.39. The van der Waals surface area contributed by atoms with E-state index in [1.807, 2.05) is 13.8 Å². The van der Waals surface area contributed by atoms with Gasteiger partial charge in [0.05, 0.1) is 37.2 Å². The average molecular weight is 407 g/mol. The van der Waals surface area contributed by atoms with Crippen molar-refractivity contribution in [3.05, 3.63) is 17.8 Å². The molecule has 1 N–H and O–H groups in total. The molecular formula is C22H34N2O5. The molecule has 1 saturated carbocycles. The van der Waals surface area contributed by atoms with Crippen molar-refractivity contribution in [2.75, 3.05) is 46.1 Å². The number of aliphatic hydroxyl groups is 1. The highest BCUT2D eigenvalue weighted by Gasteiger charge is 2.36. The fourth-order valence-electron chi connectivity index (χ4n) is 4.37. The number of carbonyl (C=O) groups is 1. The normalized spacial score (nSPS) is 23.6. The fraction of sp³-hybridized carbons (Fsp3) is 0.727. The number of carbonyl (C=O) groups excluding carboxylic acids is 1. The Morgan fingerprint density at radius 1 is 1.28 bits per heavy atom. The lowest BCUT2D eigenvalue weighted by Crippen LogP contribution is -2.40. The number of aldehydes is 1. The zero-order valence-electron chi connectivity index (χ0n) is 17.6. The quantitative estimate of drug-likeness (QED) is 0.631. The van der Waals surface area contributed by atoms with Crippen molar-refractivity contribution in [1.82, 2.24) is 9.88 Å². The molecule has 0 spiro atoms. The summed E-state index contributed by atoms with van der Waals surface area (Å²) in [6, 6.07) is 1.63. The smallest absolute Gasteiger partial charge is 0.214 e. The highest BCUT2D eigenvalue weighted by Crippen LogP contribution is 2.37. The molecule has 162 valence electrons. The van der Waals surface area contributed by atoms with Crippen LogP contribution in [0.15, 0.2) is 12.3 Å². The van der Waals surface area contributed by atoms with Crippen molar-refractivity contribution < 1.29 is 24.1 Å². The van der Waals surface area contributed by atoms with Gasteiger partial charge in [-0.1, -0.05) is 12.8 Å². The number of aromatic nitrogens is 1. The molecule has 1 aromatic rings. The van der Waals surface area contributed by atoms with Gasteiger partial charge in [-0.05, 0) is 38.5 Å². The maximum Gasteiger partial charge on any atom is 0.214 e. The van der Waals surface area contributed by atoms with Gasteiger partial charge >= 0.3 is 0 Å². The number of rotatable bonds is 9. The van der Waals surface area contributed by atoms with E-state index in [1.165, 1.54) is 0 Å². The Labute approximate surface area is 173 Å². The van der Waals surface area contributed by atoms with Crippen LogP contribution >= 0.6 is 0 Å². The third-order valence-electron chi connectivity index (χ3n) is 6.03. The van der Waals surface area contributed by atoms with Crippen molar-refractivity contribution in [2.24, 2.45) is 11.8 Å². The van der Waals surface area contributed by atoms with Gasteiger partial charge in [0, 0.05) is 25.7 Å². The minimum Gasteiger partial charge on any atom is -0.491 e. The van der Waals surface area contributed by atoms with Crippen molar-refractivity contribution in [3.63, 3.8) is 0 Å². The highest BCUT2D eigenvalue weighted by atomic mass is 16.5. The van der Waals surface area contributed by atoms with Gasteiger partial charge in [-0.3, -0.25) is 9.69 Å². The van der Waals surface area contributed by atoms with E-state index >= 15 is 0 Å². The van der Waals surface area contributed by atoms with E-state index in [4.69, 9.17) is 14.2 Å². The van der Waals surface area contributed by atoms with Crippen LogP contribution in [-0.4, -0.2) is 72.9 Å². The molecule has 2 aliphatic rings. The van der Waals surface area contributed by atoms with E-state index in [9.17, 15) is 9.90 Å². The topological polar surface area (TPSA) is 81.1 Å². The van der Waals surface area contributed by atoms with Crippen LogP contribution < -0.4 is 9.47 Å². The summed E-state index contributed by atoms with van der Waals surface area (Å²) in [5.41, 5.74) is -0.282. The lowest BCUT2D eigenvalue weighted by molar-refractivity contribution is -0.0378. The van der Waals surface area contributed by atoms with Crippen LogP contribution in [0.4, 0.5) is 0 Å². The molecule has 2 heterocycles. The Balaban J connectivity index is 1.53. The van der Waals surface area contributed by atoms with Crippen LogP contribution in [0.3, 0.4) is 0 Å². The molecule has 1 aliphatic carbocycles. The second-order valence-corrected chi connectivity index (χ2v) is 8.60. The van der Waals surface area contributed by atoms with Gasteiger partial charge in [-0.25, -0.2) is 4.98 Å². The van der Waals surface area contributed by atoms with Crippen molar-refractivity contribution in [2.45, 2.75) is 45.1 Å². The first-order valence-corrected chi connectivity index (χ1v) is 10.7. The first-order valence-electron chi connectivity index (χ1n) is 10.7. The van der Waals surface area contributed by atoms with Crippen LogP contribution in [0, 0.1) is 11.8 Å². The number of morpholine rings is 1. The van der Waals surface area contributed by atoms with E-state index in [0.717, 1.165) is 64.8 Å². The van der Waals surface area contributed by atoms with Crippen LogP contribution in [0.2, 0.25) is 0 Å². The van der Waals surface area contributed by atoms with E-state index in [-0.39, 0.29) is 11.8 Å². The molecule has 2 fully saturated rings. The van der Waals surface area contributed by atoms with E-state index in [0.29, 0.717) is 30.4 Å². The van der Waals surface area contributed by atoms with Gasteiger partial charge in [0.2, 0.25) is 5.88 Å². The largest absolute Gasteiger partial charge is 0.491 e. The Bertz CT molecular complexity index is 655. The molecule has 0 radical (unpaired) electrons. The monoisotopic (exact) mass is 406 g/mol. The van der Waals surface area contributed by atoms with E-state index in [1.54, 1.807) is 12.3 Å². The average Bonchev–Trinajstić information content (AvgIpc) is 2.73. The molecule has 1 aliphatic heterocycles. The second-order valence-electron chi connectivity index (χ2n) is 8.60. The van der Waals surface area contributed by atoms with Gasteiger partial charge in [-0.15, -0.1) is 0 Å². The number of hydrogen-bond donors (Lipinski definition) is 1. The van der Waals surface area contributed by atoms with Gasteiger partial charge in [-0.2, -0.15) is 0 Å². The van der Waals surface area contributed by atoms with Gasteiger partial charge < -0.3 is 19.3 Å². The fourth-order valence-corrected chi connectivity index (χ4v) is 4.37. The lowest BCUT2D eigenvalue weighted by atomic mass is 9.72. The standard InChI is InChI=1S/C22H34N2O5/c1-22(2,26)19-6-4-3-5-17(19)16-29-20-14-23-21(13-18(20)15-25)28-12-9-24-7-10-27-11-8-24/h13-15,17,19,26H,3-12,16H2,1-2H3. The third-order valence-corrected chi connectivity index (χ3v) is 6.03. The van der Waals surface area contributed by atoms with E-state index in [2.05, 4.69) is 9.88 Å². The molecule has 7 heteroatoms. The molecular weight excluding hydrogens is 372 g/mol. The predicted octanol–water partition coefficient (Wildman–Crippen LogP) is 2.56. The summed E-state index contributed by atoms with van der Waals surface area (Å²) < 4.78 is 17.0. The zero-order chi connectivity index (χ0) is 20.7. The summed E-state index contributed by atoms with van der Waals surface area (Å²) in [6.07, 6.45) is 6.67. The molecule has 1 aromatic heterocycles. The maximum atomic E-state index is 11.5. The van der Waals surface area contributed by atoms with Gasteiger partial charge in [0.1, 0.15) is 12.4 Å². The Hall–Kier alpha value is -1.70. The molecule has 0 bridgehead atoms. The minimum absolute atomic E-state index is 0.201. The van der Waals surface area contributed by atoms with Crippen LogP contribution in [0.1, 0.15) is 49.9 Å². The van der Waals surface area contributed by atoms with Crippen LogP contribution in [0.25, 0.3) is 0 Å². The number of nitrogens with zero attached hydrogens (tertiary/aromatic N) is 2. The maximum absolute atomic E-state index is 11.5. The molecule has 7 nitrogen and oxygen atoms in total. The van der Waals surface area contributed by atoms with Crippen molar-refractivity contribution in [3.8, 4) is 11.6 Å². The SMILES string of the molecule is CC(C)(O)C1CCCCC1COc1cnc(OCCN2CCOCC2)cc1C=O. The molecule has 2 unspecified atom stereocenters. The van der Waals surface area contributed by atoms with Gasteiger partial charge in [0.25, 0.3) is 0 Å². The molecule has 0 aromatic carbocycles. The van der Waals surface area contributed by atoms with Crippen LogP contribution in [-0.2, 0) is 4.74 Å². The molecule has 1 saturated heterocycles. The van der Waals surface area contributed by atoms with Crippen LogP contribution in [0.5, 0.6) is 11.6 Å². The first kappa shape index (κ1) is 22.0.